The van der Waals surface area contributed by atoms with Crippen LogP contribution in [0.4, 0.5) is 0 Å². The van der Waals surface area contributed by atoms with E-state index in [4.69, 9.17) is 9.47 Å². The van der Waals surface area contributed by atoms with Gasteiger partial charge in [0.25, 0.3) is 0 Å². The van der Waals surface area contributed by atoms with E-state index in [1.54, 1.807) is 7.11 Å². The molecule has 0 aromatic carbocycles. The highest BCUT2D eigenvalue weighted by molar-refractivity contribution is 5.77. The fraction of sp³-hybridized carbons (Fsp3) is 0.957. The van der Waals surface area contributed by atoms with E-state index in [1.807, 2.05) is 7.11 Å². The molecule has 0 aromatic heterocycles. The highest BCUT2D eigenvalue weighted by atomic mass is 16.5. The van der Waals surface area contributed by atoms with E-state index in [0.29, 0.717) is 34.2 Å². The minimum atomic E-state index is 0.0581. The van der Waals surface area contributed by atoms with E-state index < -0.39 is 0 Å². The molecular weight excluding hydrogens is 324 g/mol. The van der Waals surface area contributed by atoms with Gasteiger partial charge in [-0.3, -0.25) is 4.79 Å². The summed E-state index contributed by atoms with van der Waals surface area (Å²) < 4.78 is 11.3. The zero-order valence-corrected chi connectivity index (χ0v) is 16.8. The lowest BCUT2D eigenvalue weighted by atomic mass is 9.45. The van der Waals surface area contributed by atoms with Crippen molar-refractivity contribution in [2.45, 2.75) is 64.9 Å². The summed E-state index contributed by atoms with van der Waals surface area (Å²) in [6, 6.07) is 0. The zero-order valence-electron chi connectivity index (χ0n) is 16.8. The van der Waals surface area contributed by atoms with Gasteiger partial charge in [-0.05, 0) is 91.3 Å². The molecule has 3 heteroatoms. The average Bonchev–Trinajstić information content (AvgIpc) is 3.49. The first-order chi connectivity index (χ1) is 12.4. The van der Waals surface area contributed by atoms with Crippen LogP contribution in [0.3, 0.4) is 0 Å². The molecule has 1 spiro atoms. The second-order valence-corrected chi connectivity index (χ2v) is 11.3. The average molecular weight is 359 g/mol. The first kappa shape index (κ1) is 16.4. The monoisotopic (exact) mass is 358 g/mol. The van der Waals surface area contributed by atoms with E-state index in [2.05, 4.69) is 13.8 Å². The molecule has 0 amide bonds. The van der Waals surface area contributed by atoms with E-state index in [-0.39, 0.29) is 11.9 Å². The van der Waals surface area contributed by atoms with E-state index in [0.717, 1.165) is 23.7 Å². The van der Waals surface area contributed by atoms with Crippen LogP contribution in [0.1, 0.15) is 58.8 Å². The summed E-state index contributed by atoms with van der Waals surface area (Å²) in [6.45, 7) is 5.16. The molecule has 0 radical (unpaired) electrons. The number of hydrogen-bond donors (Lipinski definition) is 0. The molecule has 6 aliphatic carbocycles. The van der Waals surface area contributed by atoms with Gasteiger partial charge in [0.1, 0.15) is 0 Å². The molecule has 0 aromatic rings. The van der Waals surface area contributed by atoms with Crippen molar-refractivity contribution >= 4 is 5.97 Å². The minimum Gasteiger partial charge on any atom is -0.469 e. The number of carbonyl (C=O) groups is 1. The van der Waals surface area contributed by atoms with Crippen LogP contribution in [-0.2, 0) is 14.3 Å². The summed E-state index contributed by atoms with van der Waals surface area (Å²) in [4.78, 5) is 12.2. The van der Waals surface area contributed by atoms with Crippen LogP contribution in [0.25, 0.3) is 0 Å². The van der Waals surface area contributed by atoms with Crippen molar-refractivity contribution in [3.05, 3.63) is 0 Å². The van der Waals surface area contributed by atoms with Crippen LogP contribution in [0.5, 0.6) is 0 Å². The SMILES string of the molecule is COC(=O)[C@H]1[C@@H]2C[C@H]3[C@@H]4C[C@@H](OC)[C@]56C[C@H]5CC[C@]6(C)[C@H]4CC[C@]3(C)[C@@H]21. The Morgan fingerprint density at radius 1 is 1.00 bits per heavy atom. The number of hydrogen-bond acceptors (Lipinski definition) is 3. The molecular formula is C23H34O3. The van der Waals surface area contributed by atoms with Crippen LogP contribution in [0, 0.1) is 57.7 Å². The predicted octanol–water partition coefficient (Wildman–Crippen LogP) is 4.30. The third kappa shape index (κ3) is 1.54. The summed E-state index contributed by atoms with van der Waals surface area (Å²) in [5, 5.41) is 0. The number of ether oxygens (including phenoxy) is 2. The summed E-state index contributed by atoms with van der Waals surface area (Å²) in [6.07, 6.45) is 10.1. The Morgan fingerprint density at radius 2 is 1.81 bits per heavy atom. The number of esters is 1. The maximum atomic E-state index is 12.2. The Labute approximate surface area is 157 Å². The highest BCUT2D eigenvalue weighted by Gasteiger charge is 2.79. The Bertz CT molecular complexity index is 674. The number of methoxy groups -OCH3 is 2. The topological polar surface area (TPSA) is 35.5 Å². The third-order valence-corrected chi connectivity index (χ3v) is 11.2. The van der Waals surface area contributed by atoms with E-state index in [9.17, 15) is 4.79 Å². The molecule has 6 saturated carbocycles. The van der Waals surface area contributed by atoms with Crippen molar-refractivity contribution in [3.8, 4) is 0 Å². The lowest BCUT2D eigenvalue weighted by Gasteiger charge is -2.60. The van der Waals surface area contributed by atoms with Gasteiger partial charge in [-0.1, -0.05) is 13.8 Å². The molecule has 6 rings (SSSR count). The van der Waals surface area contributed by atoms with Crippen LogP contribution >= 0.6 is 0 Å². The maximum absolute atomic E-state index is 12.2. The molecule has 0 aliphatic heterocycles. The summed E-state index contributed by atoms with van der Waals surface area (Å²) >= 11 is 0. The second-order valence-electron chi connectivity index (χ2n) is 11.3. The van der Waals surface area contributed by atoms with Gasteiger partial charge in [0.05, 0.1) is 19.1 Å². The Hall–Kier alpha value is -0.570. The van der Waals surface area contributed by atoms with E-state index in [1.165, 1.54) is 44.9 Å². The maximum Gasteiger partial charge on any atom is 0.309 e. The van der Waals surface area contributed by atoms with Crippen molar-refractivity contribution in [2.75, 3.05) is 14.2 Å². The normalized spacial score (nSPS) is 63.8. The first-order valence-corrected chi connectivity index (χ1v) is 11.0. The molecule has 0 N–H and O–H groups in total. The fourth-order valence-corrected chi connectivity index (χ4v) is 10.1. The lowest BCUT2D eigenvalue weighted by molar-refractivity contribution is -0.163. The summed E-state index contributed by atoms with van der Waals surface area (Å²) in [5.74, 6) is 4.95. The van der Waals surface area contributed by atoms with Gasteiger partial charge in [0.15, 0.2) is 0 Å². The lowest BCUT2D eigenvalue weighted by Crippen LogP contribution is -2.57. The molecule has 11 atom stereocenters. The second kappa shape index (κ2) is 4.70. The van der Waals surface area contributed by atoms with E-state index >= 15 is 0 Å². The molecule has 6 aliphatic rings. The van der Waals surface area contributed by atoms with Gasteiger partial charge >= 0.3 is 5.97 Å². The zero-order chi connectivity index (χ0) is 18.1. The summed E-state index contributed by atoms with van der Waals surface area (Å²) in [5.41, 5.74) is 1.40. The van der Waals surface area contributed by atoms with Crippen LogP contribution in [0.2, 0.25) is 0 Å². The fourth-order valence-electron chi connectivity index (χ4n) is 10.1. The van der Waals surface area contributed by atoms with Crippen molar-refractivity contribution in [3.63, 3.8) is 0 Å². The first-order valence-electron chi connectivity index (χ1n) is 11.0. The van der Waals surface area contributed by atoms with Crippen molar-refractivity contribution in [1.82, 2.24) is 0 Å². The number of rotatable bonds is 2. The molecule has 144 valence electrons. The molecule has 0 bridgehead atoms. The number of carbonyl (C=O) groups excluding carboxylic acids is 1. The van der Waals surface area contributed by atoms with Gasteiger partial charge < -0.3 is 9.47 Å². The van der Waals surface area contributed by atoms with Crippen LogP contribution in [0.15, 0.2) is 0 Å². The van der Waals surface area contributed by atoms with Gasteiger partial charge in [-0.25, -0.2) is 0 Å². The number of fused-ring (bicyclic) bond motifs is 6. The minimum absolute atomic E-state index is 0.0581. The van der Waals surface area contributed by atoms with Crippen molar-refractivity contribution < 1.29 is 14.3 Å². The molecule has 26 heavy (non-hydrogen) atoms. The Morgan fingerprint density at radius 3 is 2.50 bits per heavy atom. The molecule has 0 unspecified atom stereocenters. The molecule has 6 fully saturated rings. The highest BCUT2D eigenvalue weighted by Crippen LogP contribution is 2.83. The third-order valence-electron chi connectivity index (χ3n) is 11.2. The van der Waals surface area contributed by atoms with Crippen molar-refractivity contribution in [1.29, 1.82) is 0 Å². The molecule has 0 heterocycles. The quantitative estimate of drug-likeness (QED) is 0.691. The van der Waals surface area contributed by atoms with Gasteiger partial charge in [-0.15, -0.1) is 0 Å². The molecule has 0 saturated heterocycles. The van der Waals surface area contributed by atoms with Gasteiger partial charge in [-0.2, -0.15) is 0 Å². The Kier molecular flexibility index (Phi) is 2.96. The van der Waals surface area contributed by atoms with Gasteiger partial charge in [0.2, 0.25) is 0 Å². The predicted molar refractivity (Wildman–Crippen MR) is 98.2 cm³/mol. The van der Waals surface area contributed by atoms with Crippen molar-refractivity contribution in [2.24, 2.45) is 57.7 Å². The van der Waals surface area contributed by atoms with Crippen LogP contribution in [-0.4, -0.2) is 26.3 Å². The standard InChI is InChI=1S/C23H34O3/c1-21-7-6-15-13(16(21)9-14-18(19(14)21)20(24)26-4)10-17(25-3)23-11-12(23)5-8-22(15,23)2/h12-19H,5-11H2,1-4H3/t12-,13-,14+,15+,16+,17-,18+,19+,21+,22-,23+/m1/s1. The summed E-state index contributed by atoms with van der Waals surface area (Å²) in [7, 11) is 3.53. The largest absolute Gasteiger partial charge is 0.469 e. The van der Waals surface area contributed by atoms with Gasteiger partial charge in [0, 0.05) is 12.5 Å². The Balaban J connectivity index is 1.33. The molecule has 3 nitrogen and oxygen atoms in total. The smallest absolute Gasteiger partial charge is 0.309 e. The van der Waals surface area contributed by atoms with Crippen LogP contribution < -0.4 is 0 Å².